The number of pyridine rings is 1. The second-order valence-corrected chi connectivity index (χ2v) is 5.80. The topological polar surface area (TPSA) is 16.1 Å². The summed E-state index contributed by atoms with van der Waals surface area (Å²) in [7, 11) is 2.11. The van der Waals surface area contributed by atoms with Gasteiger partial charge in [0.2, 0.25) is 0 Å². The Labute approximate surface area is 120 Å². The largest absolute Gasteiger partial charge is 0.356 e. The van der Waals surface area contributed by atoms with Crippen LogP contribution in [0.25, 0.3) is 0 Å². The number of hydrogen-bond donors (Lipinski definition) is 0. The molecule has 0 aliphatic rings. The number of halogens is 1. The van der Waals surface area contributed by atoms with Crippen molar-refractivity contribution in [1.29, 1.82) is 0 Å². The highest BCUT2D eigenvalue weighted by atomic mass is 35.5. The summed E-state index contributed by atoms with van der Waals surface area (Å²) >= 11 is 7.83. The Kier molecular flexibility index (Phi) is 6.87. The highest BCUT2D eigenvalue weighted by Crippen LogP contribution is 2.19. The molecule has 1 heterocycles. The summed E-state index contributed by atoms with van der Waals surface area (Å²) in [4.78, 5) is 6.97. The lowest BCUT2D eigenvalue weighted by Crippen LogP contribution is -2.31. The first-order valence-electron chi connectivity index (χ1n) is 6.39. The van der Waals surface area contributed by atoms with Crippen LogP contribution in [0.3, 0.4) is 0 Å². The van der Waals surface area contributed by atoms with Gasteiger partial charge in [0.05, 0.1) is 0 Å². The van der Waals surface area contributed by atoms with Crippen molar-refractivity contribution >= 4 is 29.2 Å². The molecule has 0 saturated carbocycles. The molecule has 2 nitrogen and oxygen atoms in total. The Morgan fingerprint density at radius 1 is 1.44 bits per heavy atom. The predicted octanol–water partition coefficient (Wildman–Crippen LogP) is 3.96. The molecule has 0 fully saturated rings. The third-order valence-electron chi connectivity index (χ3n) is 3.02. The normalized spacial score (nSPS) is 12.5. The van der Waals surface area contributed by atoms with Gasteiger partial charge >= 0.3 is 0 Å². The second-order valence-electron chi connectivity index (χ2n) is 4.62. The number of alkyl halides is 1. The Morgan fingerprint density at radius 2 is 2.17 bits per heavy atom. The molecule has 4 heteroatoms. The van der Waals surface area contributed by atoms with E-state index in [9.17, 15) is 0 Å². The van der Waals surface area contributed by atoms with Crippen LogP contribution < -0.4 is 4.90 Å². The van der Waals surface area contributed by atoms with Gasteiger partial charge in [0.25, 0.3) is 0 Å². The van der Waals surface area contributed by atoms with E-state index < -0.39 is 0 Å². The van der Waals surface area contributed by atoms with Crippen molar-refractivity contribution in [2.24, 2.45) is 0 Å². The maximum atomic E-state index is 5.97. The molecule has 0 radical (unpaired) electrons. The van der Waals surface area contributed by atoms with E-state index in [0.29, 0.717) is 11.9 Å². The molecule has 0 bridgehead atoms. The standard InChI is InChI=1S/C14H23ClN2S/c1-5-6-13-7-12(9-15)8-14(16-13)17(3)11(2)10-18-4/h7-8,11H,5-6,9-10H2,1-4H3. The Morgan fingerprint density at radius 3 is 2.72 bits per heavy atom. The van der Waals surface area contributed by atoms with Crippen LogP contribution in [0.2, 0.25) is 0 Å². The lowest BCUT2D eigenvalue weighted by molar-refractivity contribution is 0.746. The van der Waals surface area contributed by atoms with E-state index >= 15 is 0 Å². The number of aromatic nitrogens is 1. The summed E-state index contributed by atoms with van der Waals surface area (Å²) in [6.45, 7) is 4.40. The number of thioether (sulfide) groups is 1. The van der Waals surface area contributed by atoms with Crippen molar-refractivity contribution in [3.05, 3.63) is 23.4 Å². The molecule has 1 rings (SSSR count). The van der Waals surface area contributed by atoms with Crippen molar-refractivity contribution in [3.8, 4) is 0 Å². The molecule has 0 aliphatic heterocycles. The average Bonchev–Trinajstić information content (AvgIpc) is 2.38. The highest BCUT2D eigenvalue weighted by molar-refractivity contribution is 7.98. The zero-order chi connectivity index (χ0) is 13.5. The van der Waals surface area contributed by atoms with E-state index in [1.54, 1.807) is 0 Å². The lowest BCUT2D eigenvalue weighted by atomic mass is 10.1. The van der Waals surface area contributed by atoms with Crippen molar-refractivity contribution in [3.63, 3.8) is 0 Å². The number of nitrogens with zero attached hydrogens (tertiary/aromatic N) is 2. The SMILES string of the molecule is CCCc1cc(CCl)cc(N(C)C(C)CSC)n1. The van der Waals surface area contributed by atoms with Crippen LogP contribution in [0.5, 0.6) is 0 Å². The maximum Gasteiger partial charge on any atom is 0.129 e. The third-order valence-corrected chi connectivity index (χ3v) is 4.14. The molecular formula is C14H23ClN2S. The van der Waals surface area contributed by atoms with E-state index in [1.165, 1.54) is 0 Å². The molecule has 1 aromatic rings. The molecule has 0 spiro atoms. The number of rotatable bonds is 7. The Bertz CT molecular complexity index is 371. The van der Waals surface area contributed by atoms with Gasteiger partial charge in [-0.1, -0.05) is 13.3 Å². The first kappa shape index (κ1) is 15.6. The smallest absolute Gasteiger partial charge is 0.129 e. The summed E-state index contributed by atoms with van der Waals surface area (Å²) < 4.78 is 0. The van der Waals surface area contributed by atoms with Crippen molar-refractivity contribution in [1.82, 2.24) is 4.98 Å². The molecule has 1 atom stereocenters. The van der Waals surface area contributed by atoms with Crippen LogP contribution in [0, 0.1) is 0 Å². The minimum absolute atomic E-state index is 0.479. The van der Waals surface area contributed by atoms with Crippen molar-refractivity contribution in [2.45, 2.75) is 38.6 Å². The second kappa shape index (κ2) is 7.90. The van der Waals surface area contributed by atoms with E-state index in [4.69, 9.17) is 16.6 Å². The Balaban J connectivity index is 2.95. The van der Waals surface area contributed by atoms with Gasteiger partial charge in [-0.3, -0.25) is 0 Å². The van der Waals surface area contributed by atoms with Gasteiger partial charge in [0, 0.05) is 30.4 Å². The predicted molar refractivity (Wildman–Crippen MR) is 84.0 cm³/mol. The quantitative estimate of drug-likeness (QED) is 0.706. The number of aryl methyl sites for hydroxylation is 1. The molecule has 0 saturated heterocycles. The van der Waals surface area contributed by atoms with Crippen LogP contribution >= 0.6 is 23.4 Å². The summed E-state index contributed by atoms with van der Waals surface area (Å²) in [6.07, 6.45) is 4.26. The van der Waals surface area contributed by atoms with Gasteiger partial charge in [0.1, 0.15) is 5.82 Å². The fourth-order valence-electron chi connectivity index (χ4n) is 1.85. The van der Waals surface area contributed by atoms with E-state index in [0.717, 1.165) is 35.7 Å². The average molecular weight is 287 g/mol. The molecular weight excluding hydrogens is 264 g/mol. The molecule has 0 N–H and O–H groups in total. The van der Waals surface area contributed by atoms with Gasteiger partial charge in [-0.2, -0.15) is 11.8 Å². The van der Waals surface area contributed by atoms with Gasteiger partial charge in [-0.05, 0) is 37.3 Å². The summed E-state index contributed by atoms with van der Waals surface area (Å²) in [5.74, 6) is 2.70. The van der Waals surface area contributed by atoms with E-state index in [2.05, 4.69) is 44.2 Å². The van der Waals surface area contributed by atoms with Crippen molar-refractivity contribution < 1.29 is 0 Å². The van der Waals surface area contributed by atoms with E-state index in [-0.39, 0.29) is 0 Å². The third kappa shape index (κ3) is 4.36. The lowest BCUT2D eigenvalue weighted by Gasteiger charge is -2.26. The first-order chi connectivity index (χ1) is 8.62. The van der Waals surface area contributed by atoms with Gasteiger partial charge < -0.3 is 4.90 Å². The number of hydrogen-bond acceptors (Lipinski definition) is 3. The summed E-state index contributed by atoms with van der Waals surface area (Å²) in [5, 5.41) is 0. The summed E-state index contributed by atoms with van der Waals surface area (Å²) in [6, 6.07) is 4.70. The van der Waals surface area contributed by atoms with Crippen LogP contribution in [0.15, 0.2) is 12.1 Å². The number of anilines is 1. The van der Waals surface area contributed by atoms with Crippen LogP contribution in [0.4, 0.5) is 5.82 Å². The van der Waals surface area contributed by atoms with Crippen LogP contribution in [-0.4, -0.2) is 30.1 Å². The van der Waals surface area contributed by atoms with E-state index in [1.807, 2.05) is 11.8 Å². The fraction of sp³-hybridized carbons (Fsp3) is 0.643. The van der Waals surface area contributed by atoms with Crippen molar-refractivity contribution in [2.75, 3.05) is 24.0 Å². The maximum absolute atomic E-state index is 5.97. The van der Waals surface area contributed by atoms with Gasteiger partial charge in [0.15, 0.2) is 0 Å². The molecule has 1 unspecified atom stereocenters. The molecule has 18 heavy (non-hydrogen) atoms. The zero-order valence-electron chi connectivity index (χ0n) is 11.7. The Hall–Kier alpha value is -0.410. The van der Waals surface area contributed by atoms with Gasteiger partial charge in [-0.15, -0.1) is 11.6 Å². The van der Waals surface area contributed by atoms with Crippen LogP contribution in [0.1, 0.15) is 31.5 Å². The molecule has 0 aromatic carbocycles. The summed E-state index contributed by atoms with van der Waals surface area (Å²) in [5.41, 5.74) is 2.31. The molecule has 1 aromatic heterocycles. The highest BCUT2D eigenvalue weighted by Gasteiger charge is 2.12. The van der Waals surface area contributed by atoms with Gasteiger partial charge in [-0.25, -0.2) is 4.98 Å². The minimum atomic E-state index is 0.479. The zero-order valence-corrected chi connectivity index (χ0v) is 13.3. The molecule has 0 amide bonds. The first-order valence-corrected chi connectivity index (χ1v) is 8.32. The molecule has 102 valence electrons. The minimum Gasteiger partial charge on any atom is -0.356 e. The monoisotopic (exact) mass is 286 g/mol. The fourth-order valence-corrected chi connectivity index (χ4v) is 2.71. The van der Waals surface area contributed by atoms with Crippen LogP contribution in [-0.2, 0) is 12.3 Å². The molecule has 0 aliphatic carbocycles.